The van der Waals surface area contributed by atoms with Crippen LogP contribution in [0.5, 0.6) is 5.75 Å². The molecular formula is C17H23N3O. The summed E-state index contributed by atoms with van der Waals surface area (Å²) in [5.74, 6) is 2.49. The van der Waals surface area contributed by atoms with Gasteiger partial charge in [-0.25, -0.2) is 9.97 Å². The van der Waals surface area contributed by atoms with Gasteiger partial charge >= 0.3 is 0 Å². The molecule has 1 N–H and O–H groups in total. The molecule has 0 amide bonds. The highest BCUT2D eigenvalue weighted by atomic mass is 16.5. The van der Waals surface area contributed by atoms with Gasteiger partial charge in [-0.1, -0.05) is 26.0 Å². The second-order valence-corrected chi connectivity index (χ2v) is 4.95. The lowest BCUT2D eigenvalue weighted by Crippen LogP contribution is -2.04. The summed E-state index contributed by atoms with van der Waals surface area (Å²) >= 11 is 0. The van der Waals surface area contributed by atoms with Crippen molar-refractivity contribution in [3.8, 4) is 17.1 Å². The maximum Gasteiger partial charge on any atom is 0.161 e. The Bertz CT molecular complexity index is 586. The normalized spacial score (nSPS) is 10.5. The van der Waals surface area contributed by atoms with Crippen LogP contribution in [0, 0.1) is 6.92 Å². The van der Waals surface area contributed by atoms with E-state index in [1.54, 1.807) is 0 Å². The molecule has 0 saturated carbocycles. The molecule has 1 aromatic heterocycles. The van der Waals surface area contributed by atoms with E-state index in [1.807, 2.05) is 31.3 Å². The fourth-order valence-corrected chi connectivity index (χ4v) is 2.22. The van der Waals surface area contributed by atoms with Crippen molar-refractivity contribution in [1.29, 1.82) is 0 Å². The zero-order valence-corrected chi connectivity index (χ0v) is 13.2. The third kappa shape index (κ3) is 3.51. The highest BCUT2D eigenvalue weighted by molar-refractivity contribution is 5.61. The number of nitrogens with one attached hydrogen (secondary N) is 1. The molecule has 0 aliphatic heterocycles. The first-order valence-corrected chi connectivity index (χ1v) is 7.48. The summed E-state index contributed by atoms with van der Waals surface area (Å²) < 4.78 is 5.68. The Hall–Kier alpha value is -2.10. The highest BCUT2D eigenvalue weighted by Gasteiger charge is 2.10. The van der Waals surface area contributed by atoms with Gasteiger partial charge in [0.2, 0.25) is 0 Å². The Kier molecular flexibility index (Phi) is 5.14. The fraction of sp³-hybridized carbons (Fsp3) is 0.412. The van der Waals surface area contributed by atoms with E-state index in [0.29, 0.717) is 0 Å². The Morgan fingerprint density at radius 1 is 1.19 bits per heavy atom. The van der Waals surface area contributed by atoms with Gasteiger partial charge in [-0.3, -0.25) is 0 Å². The average Bonchev–Trinajstić information content (AvgIpc) is 2.53. The van der Waals surface area contributed by atoms with Gasteiger partial charge in [0, 0.05) is 23.9 Å². The van der Waals surface area contributed by atoms with E-state index < -0.39 is 0 Å². The van der Waals surface area contributed by atoms with Crippen LogP contribution in [-0.4, -0.2) is 23.6 Å². The number of nitrogens with zero attached hydrogens (tertiary/aromatic N) is 2. The zero-order chi connectivity index (χ0) is 15.2. The number of hydrogen-bond donors (Lipinski definition) is 1. The fourth-order valence-electron chi connectivity index (χ4n) is 2.22. The van der Waals surface area contributed by atoms with Crippen molar-refractivity contribution in [1.82, 2.24) is 9.97 Å². The average molecular weight is 285 g/mol. The van der Waals surface area contributed by atoms with E-state index in [9.17, 15) is 0 Å². The first kappa shape index (κ1) is 15.3. The smallest absolute Gasteiger partial charge is 0.161 e. The van der Waals surface area contributed by atoms with Crippen molar-refractivity contribution in [2.75, 3.05) is 19.0 Å². The summed E-state index contributed by atoms with van der Waals surface area (Å²) in [7, 11) is 1.89. The lowest BCUT2D eigenvalue weighted by molar-refractivity contribution is 0.317. The van der Waals surface area contributed by atoms with Crippen molar-refractivity contribution in [3.63, 3.8) is 0 Å². The summed E-state index contributed by atoms with van der Waals surface area (Å²) in [6.45, 7) is 6.98. The molecule has 0 fully saturated rings. The topological polar surface area (TPSA) is 47.0 Å². The third-order valence-electron chi connectivity index (χ3n) is 3.38. The summed E-state index contributed by atoms with van der Waals surface area (Å²) in [5, 5.41) is 3.15. The van der Waals surface area contributed by atoms with Gasteiger partial charge in [0.25, 0.3) is 0 Å². The predicted octanol–water partition coefficient (Wildman–Crippen LogP) is 3.84. The minimum atomic E-state index is 0.722. The molecule has 112 valence electrons. The molecular weight excluding hydrogens is 262 g/mol. The number of aromatic nitrogens is 2. The van der Waals surface area contributed by atoms with Gasteiger partial charge in [0.05, 0.1) is 6.61 Å². The van der Waals surface area contributed by atoms with Crippen LogP contribution in [0.15, 0.2) is 24.3 Å². The van der Waals surface area contributed by atoms with Gasteiger partial charge in [-0.05, 0) is 31.9 Å². The summed E-state index contributed by atoms with van der Waals surface area (Å²) in [6, 6.07) is 7.96. The second-order valence-electron chi connectivity index (χ2n) is 4.95. The number of hydrogen-bond acceptors (Lipinski definition) is 4. The van der Waals surface area contributed by atoms with Crippen LogP contribution in [0.2, 0.25) is 0 Å². The number of anilines is 1. The van der Waals surface area contributed by atoms with E-state index in [-0.39, 0.29) is 0 Å². The van der Waals surface area contributed by atoms with Crippen molar-refractivity contribution >= 4 is 5.82 Å². The molecule has 0 spiro atoms. The first-order valence-electron chi connectivity index (χ1n) is 7.48. The Labute approximate surface area is 126 Å². The highest BCUT2D eigenvalue weighted by Crippen LogP contribution is 2.25. The van der Waals surface area contributed by atoms with Crippen LogP contribution in [0.1, 0.15) is 31.5 Å². The maximum atomic E-state index is 5.68. The Balaban J connectivity index is 2.41. The molecule has 0 aliphatic rings. The molecule has 4 heteroatoms. The molecule has 1 aromatic carbocycles. The monoisotopic (exact) mass is 285 g/mol. The quantitative estimate of drug-likeness (QED) is 0.876. The van der Waals surface area contributed by atoms with Crippen molar-refractivity contribution < 1.29 is 4.74 Å². The van der Waals surface area contributed by atoms with Gasteiger partial charge in [-0.15, -0.1) is 0 Å². The minimum Gasteiger partial charge on any atom is -0.494 e. The zero-order valence-electron chi connectivity index (χ0n) is 13.2. The summed E-state index contributed by atoms with van der Waals surface area (Å²) in [6.07, 6.45) is 1.89. The molecule has 0 saturated heterocycles. The van der Waals surface area contributed by atoms with Gasteiger partial charge in [0.15, 0.2) is 5.82 Å². The summed E-state index contributed by atoms with van der Waals surface area (Å²) in [5.41, 5.74) is 3.17. The SMILES string of the molecule is CCCOc1cccc(-c2nc(CC)c(C)c(NC)n2)c1. The van der Waals surface area contributed by atoms with E-state index in [2.05, 4.69) is 36.1 Å². The molecule has 0 radical (unpaired) electrons. The van der Waals surface area contributed by atoms with E-state index >= 15 is 0 Å². The summed E-state index contributed by atoms with van der Waals surface area (Å²) in [4.78, 5) is 9.30. The lowest BCUT2D eigenvalue weighted by Gasteiger charge is -2.12. The Morgan fingerprint density at radius 3 is 2.67 bits per heavy atom. The molecule has 0 unspecified atom stereocenters. The van der Waals surface area contributed by atoms with Crippen LogP contribution >= 0.6 is 0 Å². The molecule has 2 aromatic rings. The first-order chi connectivity index (χ1) is 10.2. The molecule has 2 rings (SSSR count). The number of aryl methyl sites for hydroxylation is 1. The number of ether oxygens (including phenoxy) is 1. The van der Waals surface area contributed by atoms with Crippen molar-refractivity contribution in [2.45, 2.75) is 33.6 Å². The van der Waals surface area contributed by atoms with Gasteiger partial charge < -0.3 is 10.1 Å². The largest absolute Gasteiger partial charge is 0.494 e. The standard InChI is InChI=1S/C17H23N3O/c1-5-10-21-14-9-7-8-13(11-14)17-19-15(6-2)12(3)16(18-4)20-17/h7-9,11H,5-6,10H2,1-4H3,(H,18,19,20). The van der Waals surface area contributed by atoms with E-state index in [0.717, 1.165) is 53.7 Å². The molecule has 0 aliphatic carbocycles. The van der Waals surface area contributed by atoms with Crippen LogP contribution in [0.25, 0.3) is 11.4 Å². The Morgan fingerprint density at radius 2 is 2.00 bits per heavy atom. The second kappa shape index (κ2) is 7.07. The number of rotatable bonds is 6. The van der Waals surface area contributed by atoms with Crippen molar-refractivity contribution in [3.05, 3.63) is 35.5 Å². The molecule has 21 heavy (non-hydrogen) atoms. The van der Waals surface area contributed by atoms with Crippen molar-refractivity contribution in [2.24, 2.45) is 0 Å². The minimum absolute atomic E-state index is 0.722. The van der Waals surface area contributed by atoms with Gasteiger partial charge in [-0.2, -0.15) is 0 Å². The van der Waals surface area contributed by atoms with Crippen LogP contribution in [0.3, 0.4) is 0 Å². The molecule has 1 heterocycles. The van der Waals surface area contributed by atoms with Crippen LogP contribution < -0.4 is 10.1 Å². The van der Waals surface area contributed by atoms with Crippen LogP contribution in [0.4, 0.5) is 5.82 Å². The predicted molar refractivity (Wildman–Crippen MR) is 86.9 cm³/mol. The lowest BCUT2D eigenvalue weighted by atomic mass is 10.1. The number of benzene rings is 1. The third-order valence-corrected chi connectivity index (χ3v) is 3.38. The van der Waals surface area contributed by atoms with Crippen LogP contribution in [-0.2, 0) is 6.42 Å². The van der Waals surface area contributed by atoms with Gasteiger partial charge in [0.1, 0.15) is 11.6 Å². The molecule has 0 bridgehead atoms. The maximum absolute atomic E-state index is 5.68. The molecule has 4 nitrogen and oxygen atoms in total. The van der Waals surface area contributed by atoms with E-state index in [1.165, 1.54) is 0 Å². The van der Waals surface area contributed by atoms with E-state index in [4.69, 9.17) is 4.74 Å². The molecule has 0 atom stereocenters.